The van der Waals surface area contributed by atoms with E-state index in [4.69, 9.17) is 5.11 Å². The van der Waals surface area contributed by atoms with Gasteiger partial charge in [-0.05, 0) is 40.9 Å². The summed E-state index contributed by atoms with van der Waals surface area (Å²) in [6.45, 7) is 1.76. The van der Waals surface area contributed by atoms with Gasteiger partial charge in [-0.2, -0.15) is 0 Å². The maximum atomic E-state index is 11.6. The first-order chi connectivity index (χ1) is 7.46. The molecular formula is C10H14BrNO3S. The highest BCUT2D eigenvalue weighted by Gasteiger charge is 2.12. The summed E-state index contributed by atoms with van der Waals surface area (Å²) in [5, 5.41) is 8.59. The number of benzene rings is 1. The lowest BCUT2D eigenvalue weighted by atomic mass is 10.2. The predicted octanol–water partition coefficient (Wildman–Crippen LogP) is 1.88. The molecule has 0 aliphatic carbocycles. The van der Waals surface area contributed by atoms with Crippen LogP contribution in [0.3, 0.4) is 0 Å². The Labute approximate surface area is 104 Å². The van der Waals surface area contributed by atoms with Gasteiger partial charge in [0, 0.05) is 11.1 Å². The summed E-state index contributed by atoms with van der Waals surface area (Å²) < 4.78 is 26.4. The van der Waals surface area contributed by atoms with Gasteiger partial charge in [-0.1, -0.05) is 12.1 Å². The van der Waals surface area contributed by atoms with Crippen molar-refractivity contribution >= 4 is 31.6 Å². The number of sulfonamides is 1. The maximum Gasteiger partial charge on any atom is 0.232 e. The molecule has 0 bridgehead atoms. The number of hydrogen-bond donors (Lipinski definition) is 2. The molecule has 90 valence electrons. The first-order valence-corrected chi connectivity index (χ1v) is 7.27. The highest BCUT2D eigenvalue weighted by molar-refractivity contribution is 9.10. The third kappa shape index (κ3) is 3.77. The molecule has 0 radical (unpaired) electrons. The highest BCUT2D eigenvalue weighted by atomic mass is 79.9. The van der Waals surface area contributed by atoms with E-state index in [0.717, 1.165) is 10.0 Å². The Morgan fingerprint density at radius 1 is 1.44 bits per heavy atom. The lowest BCUT2D eigenvalue weighted by Gasteiger charge is -2.10. The van der Waals surface area contributed by atoms with Crippen molar-refractivity contribution in [3.63, 3.8) is 0 Å². The average Bonchev–Trinajstić information content (AvgIpc) is 2.22. The quantitative estimate of drug-likeness (QED) is 0.873. The molecule has 0 amide bonds. The van der Waals surface area contributed by atoms with Crippen molar-refractivity contribution in [2.75, 3.05) is 17.1 Å². The van der Waals surface area contributed by atoms with E-state index < -0.39 is 10.0 Å². The van der Waals surface area contributed by atoms with Gasteiger partial charge in [-0.25, -0.2) is 8.42 Å². The first kappa shape index (κ1) is 13.5. The summed E-state index contributed by atoms with van der Waals surface area (Å²) in [6.07, 6.45) is 0.235. The molecule has 0 aliphatic heterocycles. The van der Waals surface area contributed by atoms with Crippen molar-refractivity contribution in [3.05, 3.63) is 28.2 Å². The molecule has 0 atom stereocenters. The minimum absolute atomic E-state index is 0.0795. The number of hydrogen-bond acceptors (Lipinski definition) is 3. The number of halogens is 1. The van der Waals surface area contributed by atoms with Crippen molar-refractivity contribution in [2.24, 2.45) is 0 Å². The predicted molar refractivity (Wildman–Crippen MR) is 68.0 cm³/mol. The van der Waals surface area contributed by atoms with Crippen LogP contribution in [0, 0.1) is 6.92 Å². The molecule has 4 nitrogen and oxygen atoms in total. The van der Waals surface area contributed by atoms with Crippen LogP contribution < -0.4 is 4.72 Å². The van der Waals surface area contributed by atoms with Gasteiger partial charge in [0.1, 0.15) is 0 Å². The van der Waals surface area contributed by atoms with Crippen LogP contribution in [0.2, 0.25) is 0 Å². The molecule has 0 saturated carbocycles. The summed E-state index contributed by atoms with van der Waals surface area (Å²) in [7, 11) is -3.38. The van der Waals surface area contributed by atoms with E-state index in [0.29, 0.717) is 5.69 Å². The molecule has 0 aromatic heterocycles. The molecule has 0 heterocycles. The monoisotopic (exact) mass is 307 g/mol. The van der Waals surface area contributed by atoms with Crippen molar-refractivity contribution in [1.82, 2.24) is 0 Å². The number of anilines is 1. The van der Waals surface area contributed by atoms with Crippen LogP contribution in [-0.4, -0.2) is 25.9 Å². The normalized spacial score (nSPS) is 11.4. The zero-order valence-electron chi connectivity index (χ0n) is 8.90. The van der Waals surface area contributed by atoms with Gasteiger partial charge in [0.25, 0.3) is 0 Å². The number of rotatable bonds is 5. The second-order valence-electron chi connectivity index (χ2n) is 3.43. The van der Waals surface area contributed by atoms with Gasteiger partial charge in [-0.15, -0.1) is 0 Å². The largest absolute Gasteiger partial charge is 0.396 e. The van der Waals surface area contributed by atoms with Gasteiger partial charge >= 0.3 is 0 Å². The summed E-state index contributed by atoms with van der Waals surface area (Å²) >= 11 is 3.32. The molecule has 1 aromatic rings. The molecule has 2 N–H and O–H groups in total. The van der Waals surface area contributed by atoms with Crippen molar-refractivity contribution in [1.29, 1.82) is 0 Å². The van der Waals surface area contributed by atoms with Crippen LogP contribution in [0.1, 0.15) is 12.0 Å². The minimum atomic E-state index is -3.38. The Kier molecular flexibility index (Phi) is 4.76. The summed E-state index contributed by atoms with van der Waals surface area (Å²) in [5.41, 5.74) is 1.49. The first-order valence-electron chi connectivity index (χ1n) is 4.83. The lowest BCUT2D eigenvalue weighted by molar-refractivity contribution is 0.295. The topological polar surface area (TPSA) is 66.4 Å². The molecule has 1 aromatic carbocycles. The molecule has 16 heavy (non-hydrogen) atoms. The second kappa shape index (κ2) is 5.65. The Balaban J connectivity index is 2.84. The minimum Gasteiger partial charge on any atom is -0.396 e. The van der Waals surface area contributed by atoms with Gasteiger partial charge in [0.05, 0.1) is 11.4 Å². The number of nitrogens with one attached hydrogen (secondary N) is 1. The van der Waals surface area contributed by atoms with Gasteiger partial charge in [0.15, 0.2) is 0 Å². The Morgan fingerprint density at radius 3 is 2.75 bits per heavy atom. The number of aliphatic hydroxyl groups excluding tert-OH is 1. The van der Waals surface area contributed by atoms with Crippen LogP contribution in [0.15, 0.2) is 22.7 Å². The van der Waals surface area contributed by atoms with Crippen LogP contribution in [0.25, 0.3) is 0 Å². The fourth-order valence-electron chi connectivity index (χ4n) is 1.20. The third-order valence-corrected chi connectivity index (χ3v) is 4.44. The molecule has 6 heteroatoms. The van der Waals surface area contributed by atoms with Crippen molar-refractivity contribution < 1.29 is 13.5 Å². The lowest BCUT2D eigenvalue weighted by Crippen LogP contribution is -2.17. The second-order valence-corrected chi connectivity index (χ2v) is 6.07. The zero-order valence-corrected chi connectivity index (χ0v) is 11.3. The Morgan fingerprint density at radius 2 is 2.12 bits per heavy atom. The molecule has 0 spiro atoms. The molecule has 0 unspecified atom stereocenters. The van der Waals surface area contributed by atoms with Crippen LogP contribution >= 0.6 is 15.9 Å². The molecule has 0 saturated heterocycles. The van der Waals surface area contributed by atoms with Crippen LogP contribution in [-0.2, 0) is 10.0 Å². The summed E-state index contributed by atoms with van der Waals surface area (Å²) in [4.78, 5) is 0. The van der Waals surface area contributed by atoms with E-state index >= 15 is 0 Å². The molecule has 0 fully saturated rings. The van der Waals surface area contributed by atoms with Crippen molar-refractivity contribution in [2.45, 2.75) is 13.3 Å². The summed E-state index contributed by atoms with van der Waals surface area (Å²) in [5.74, 6) is -0.0795. The van der Waals surface area contributed by atoms with E-state index in [1.807, 2.05) is 13.0 Å². The fraction of sp³-hybridized carbons (Fsp3) is 0.400. The smallest absolute Gasteiger partial charge is 0.232 e. The average molecular weight is 308 g/mol. The van der Waals surface area contributed by atoms with Crippen LogP contribution in [0.4, 0.5) is 5.69 Å². The Hall–Kier alpha value is -0.590. The van der Waals surface area contributed by atoms with Crippen LogP contribution in [0.5, 0.6) is 0 Å². The van der Waals surface area contributed by atoms with E-state index in [2.05, 4.69) is 20.7 Å². The zero-order chi connectivity index (χ0) is 12.2. The fourth-order valence-corrected chi connectivity index (χ4v) is 2.81. The summed E-state index contributed by atoms with van der Waals surface area (Å²) in [6, 6.07) is 5.35. The van der Waals surface area contributed by atoms with E-state index in [1.54, 1.807) is 12.1 Å². The van der Waals surface area contributed by atoms with Gasteiger partial charge in [-0.3, -0.25) is 4.72 Å². The van der Waals surface area contributed by atoms with E-state index in [-0.39, 0.29) is 18.8 Å². The highest BCUT2D eigenvalue weighted by Crippen LogP contribution is 2.26. The third-order valence-electron chi connectivity index (χ3n) is 2.03. The molecule has 1 rings (SSSR count). The Bertz CT molecular complexity index is 459. The molecule has 0 aliphatic rings. The number of aliphatic hydroxyl groups is 1. The standard InChI is InChI=1S/C10H14BrNO3S/c1-8-4-2-5-9(10(8)11)12-16(14,15)7-3-6-13/h2,4-5,12-13H,3,6-7H2,1H3. The maximum absolute atomic E-state index is 11.6. The number of aryl methyl sites for hydroxylation is 1. The van der Waals surface area contributed by atoms with E-state index in [1.165, 1.54) is 0 Å². The van der Waals surface area contributed by atoms with E-state index in [9.17, 15) is 8.42 Å². The molecular weight excluding hydrogens is 294 g/mol. The van der Waals surface area contributed by atoms with Gasteiger partial charge in [0.2, 0.25) is 10.0 Å². The SMILES string of the molecule is Cc1cccc(NS(=O)(=O)CCCO)c1Br. The van der Waals surface area contributed by atoms with Crippen molar-refractivity contribution in [3.8, 4) is 0 Å². The van der Waals surface area contributed by atoms with Gasteiger partial charge < -0.3 is 5.11 Å².